The second kappa shape index (κ2) is 4.46. The molecule has 1 rings (SSSR count). The summed E-state index contributed by atoms with van der Waals surface area (Å²) in [5, 5.41) is 8.69. The van der Waals surface area contributed by atoms with Crippen molar-refractivity contribution in [2.24, 2.45) is 0 Å². The highest BCUT2D eigenvalue weighted by Gasteiger charge is 2.45. The van der Waals surface area contributed by atoms with Crippen LogP contribution in [0.4, 0.5) is 9.18 Å². The van der Waals surface area contributed by atoms with E-state index in [9.17, 15) is 14.0 Å². The molecule has 1 aliphatic heterocycles. The molecule has 1 fully saturated rings. The smallest absolute Gasteiger partial charge is 0.407 e. The monoisotopic (exact) mass is 219 g/mol. The van der Waals surface area contributed by atoms with E-state index >= 15 is 0 Å². The van der Waals surface area contributed by atoms with E-state index in [-0.39, 0.29) is 19.6 Å². The van der Waals surface area contributed by atoms with E-state index in [0.717, 1.165) is 4.90 Å². The van der Waals surface area contributed by atoms with E-state index < -0.39 is 24.3 Å². The molecule has 0 aromatic carbocycles. The number of halogens is 1. The number of amides is 1. The highest BCUT2D eigenvalue weighted by molar-refractivity contribution is 5.81. The number of ether oxygens (including phenoxy) is 1. The van der Waals surface area contributed by atoms with E-state index in [1.165, 1.54) is 0 Å². The first-order valence-electron chi connectivity index (χ1n) is 4.83. The first-order chi connectivity index (χ1) is 6.99. The lowest BCUT2D eigenvalue weighted by Gasteiger charge is -2.33. The summed E-state index contributed by atoms with van der Waals surface area (Å²) in [5.74, 6) is -0.962. The maximum absolute atomic E-state index is 14.0. The van der Waals surface area contributed by atoms with Gasteiger partial charge in [0.05, 0.1) is 13.2 Å². The Hall–Kier alpha value is -1.33. The number of carbonyl (C=O) groups excluding carboxylic acids is 1. The number of carbonyl (C=O) groups is 2. The van der Waals surface area contributed by atoms with Crippen LogP contribution in [0.25, 0.3) is 0 Å². The molecule has 15 heavy (non-hydrogen) atoms. The van der Waals surface area contributed by atoms with Crippen LogP contribution in [-0.4, -0.2) is 47.4 Å². The van der Waals surface area contributed by atoms with Gasteiger partial charge >= 0.3 is 12.1 Å². The maximum Gasteiger partial charge on any atom is 0.407 e. The van der Waals surface area contributed by atoms with Crippen molar-refractivity contribution >= 4 is 12.1 Å². The molecule has 1 aliphatic rings. The van der Waals surface area contributed by atoms with Crippen LogP contribution in [0.5, 0.6) is 0 Å². The van der Waals surface area contributed by atoms with Crippen molar-refractivity contribution in [2.45, 2.75) is 25.4 Å². The number of nitrogens with zero attached hydrogens (tertiary/aromatic N) is 1. The van der Waals surface area contributed by atoms with Crippen LogP contribution in [0.15, 0.2) is 0 Å². The first kappa shape index (κ1) is 11.7. The molecule has 1 amide bonds. The maximum atomic E-state index is 14.0. The van der Waals surface area contributed by atoms with Crippen LogP contribution >= 0.6 is 0 Å². The van der Waals surface area contributed by atoms with Crippen LogP contribution in [0.2, 0.25) is 0 Å². The average Bonchev–Trinajstić information content (AvgIpc) is 2.18. The van der Waals surface area contributed by atoms with Gasteiger partial charge in [0.2, 0.25) is 5.67 Å². The number of rotatable bonds is 2. The fourth-order valence-electron chi connectivity index (χ4n) is 1.60. The van der Waals surface area contributed by atoms with Gasteiger partial charge in [-0.1, -0.05) is 0 Å². The third-order valence-corrected chi connectivity index (χ3v) is 2.35. The van der Waals surface area contributed by atoms with E-state index in [1.54, 1.807) is 6.92 Å². The van der Waals surface area contributed by atoms with Gasteiger partial charge in [-0.15, -0.1) is 0 Å². The van der Waals surface area contributed by atoms with Crippen LogP contribution in [-0.2, 0) is 9.53 Å². The zero-order chi connectivity index (χ0) is 11.5. The molecular formula is C9H14FNO4. The summed E-state index contributed by atoms with van der Waals surface area (Å²) in [6, 6.07) is 0. The summed E-state index contributed by atoms with van der Waals surface area (Å²) < 4.78 is 18.6. The summed E-state index contributed by atoms with van der Waals surface area (Å²) in [6.45, 7) is 1.51. The van der Waals surface area contributed by atoms with E-state index in [2.05, 4.69) is 4.74 Å². The molecule has 1 saturated heterocycles. The molecule has 0 saturated carbocycles. The van der Waals surface area contributed by atoms with Gasteiger partial charge in [0.25, 0.3) is 0 Å². The van der Waals surface area contributed by atoms with Gasteiger partial charge < -0.3 is 14.7 Å². The molecule has 0 bridgehead atoms. The zero-order valence-electron chi connectivity index (χ0n) is 8.53. The lowest BCUT2D eigenvalue weighted by Crippen LogP contribution is -2.52. The van der Waals surface area contributed by atoms with Crippen LogP contribution in [0.1, 0.15) is 19.8 Å². The molecule has 1 unspecified atom stereocenters. The Balaban J connectivity index is 2.67. The van der Waals surface area contributed by atoms with Crippen molar-refractivity contribution < 1.29 is 23.8 Å². The van der Waals surface area contributed by atoms with Crippen molar-refractivity contribution in [1.29, 1.82) is 0 Å². The second-order valence-electron chi connectivity index (χ2n) is 3.49. The molecule has 1 N–H and O–H groups in total. The highest BCUT2D eigenvalue weighted by atomic mass is 19.1. The number of carboxylic acid groups (broad SMARTS) is 1. The topological polar surface area (TPSA) is 66.8 Å². The molecule has 6 heteroatoms. The Labute approximate surface area is 86.8 Å². The summed E-state index contributed by atoms with van der Waals surface area (Å²) in [7, 11) is 0. The van der Waals surface area contributed by atoms with Crippen molar-refractivity contribution in [3.63, 3.8) is 0 Å². The Morgan fingerprint density at radius 3 is 2.80 bits per heavy atom. The average molecular weight is 219 g/mol. The molecule has 0 aromatic rings. The first-order valence-corrected chi connectivity index (χ1v) is 4.83. The number of alkyl halides is 1. The fraction of sp³-hybridized carbons (Fsp3) is 0.778. The van der Waals surface area contributed by atoms with Gasteiger partial charge in [-0.3, -0.25) is 0 Å². The number of likely N-dealkylation sites (tertiary alicyclic amines) is 1. The molecule has 0 aliphatic carbocycles. The largest absolute Gasteiger partial charge is 0.465 e. The molecule has 0 radical (unpaired) electrons. The van der Waals surface area contributed by atoms with Crippen LogP contribution in [0, 0.1) is 0 Å². The third-order valence-electron chi connectivity index (χ3n) is 2.35. The van der Waals surface area contributed by atoms with E-state index in [4.69, 9.17) is 5.11 Å². The number of piperidine rings is 1. The van der Waals surface area contributed by atoms with Gasteiger partial charge in [-0.25, -0.2) is 14.0 Å². The van der Waals surface area contributed by atoms with Gasteiger partial charge in [-0.2, -0.15) is 0 Å². The molecule has 5 nitrogen and oxygen atoms in total. The minimum atomic E-state index is -2.17. The van der Waals surface area contributed by atoms with E-state index in [0.29, 0.717) is 6.42 Å². The zero-order valence-corrected chi connectivity index (χ0v) is 8.53. The third kappa shape index (κ3) is 2.57. The van der Waals surface area contributed by atoms with Crippen molar-refractivity contribution in [3.05, 3.63) is 0 Å². The summed E-state index contributed by atoms with van der Waals surface area (Å²) in [5.41, 5.74) is -2.17. The Morgan fingerprint density at radius 2 is 2.27 bits per heavy atom. The number of hydrogen-bond donors (Lipinski definition) is 1. The molecule has 0 spiro atoms. The minimum absolute atomic E-state index is 0.0234. The number of esters is 1. The summed E-state index contributed by atoms with van der Waals surface area (Å²) in [4.78, 5) is 22.8. The lowest BCUT2D eigenvalue weighted by atomic mass is 9.95. The predicted molar refractivity (Wildman–Crippen MR) is 49.3 cm³/mol. The van der Waals surface area contributed by atoms with Crippen LogP contribution in [0.3, 0.4) is 0 Å². The molecule has 0 aromatic heterocycles. The van der Waals surface area contributed by atoms with Gasteiger partial charge in [0.1, 0.15) is 0 Å². The predicted octanol–water partition coefficient (Wildman–Crippen LogP) is 1.03. The van der Waals surface area contributed by atoms with Crippen molar-refractivity contribution in [3.8, 4) is 0 Å². The van der Waals surface area contributed by atoms with Gasteiger partial charge in [0, 0.05) is 6.54 Å². The highest BCUT2D eigenvalue weighted by Crippen LogP contribution is 2.26. The normalized spacial score (nSPS) is 26.1. The van der Waals surface area contributed by atoms with Crippen molar-refractivity contribution in [1.82, 2.24) is 4.90 Å². The molecule has 1 heterocycles. The minimum Gasteiger partial charge on any atom is -0.465 e. The Kier molecular flexibility index (Phi) is 3.49. The fourth-order valence-corrected chi connectivity index (χ4v) is 1.60. The Morgan fingerprint density at radius 1 is 1.60 bits per heavy atom. The van der Waals surface area contributed by atoms with E-state index in [1.807, 2.05) is 0 Å². The van der Waals surface area contributed by atoms with Gasteiger partial charge in [0.15, 0.2) is 0 Å². The SMILES string of the molecule is CCOC(=O)C1(F)CCCN(C(=O)O)C1. The van der Waals surface area contributed by atoms with Crippen molar-refractivity contribution in [2.75, 3.05) is 19.7 Å². The molecular weight excluding hydrogens is 205 g/mol. The molecule has 1 atom stereocenters. The van der Waals surface area contributed by atoms with Crippen LogP contribution < -0.4 is 0 Å². The molecule has 86 valence electrons. The lowest BCUT2D eigenvalue weighted by molar-refractivity contribution is -0.160. The summed E-state index contributed by atoms with van der Waals surface area (Å²) in [6.07, 6.45) is -0.849. The standard InChI is InChI=1S/C9H14FNO4/c1-2-15-7(12)9(10)4-3-5-11(6-9)8(13)14/h2-6H2,1H3,(H,13,14). The second-order valence-corrected chi connectivity index (χ2v) is 3.49. The Bertz CT molecular complexity index is 271. The quantitative estimate of drug-likeness (QED) is 0.704. The summed E-state index contributed by atoms with van der Waals surface area (Å²) >= 11 is 0. The van der Waals surface area contributed by atoms with Gasteiger partial charge in [-0.05, 0) is 19.8 Å². The number of hydrogen-bond acceptors (Lipinski definition) is 3.